The predicted molar refractivity (Wildman–Crippen MR) is 57.3 cm³/mol. The monoisotopic (exact) mass is 320 g/mol. The minimum absolute atomic E-state index is 0.0955. The van der Waals surface area contributed by atoms with Crippen molar-refractivity contribution in [3.63, 3.8) is 0 Å². The van der Waals surface area contributed by atoms with Crippen LogP contribution in [0.15, 0.2) is 26.2 Å². The molecule has 0 atom stereocenters. The molecule has 0 saturated carbocycles. The summed E-state index contributed by atoms with van der Waals surface area (Å²) in [5.41, 5.74) is 8.38. The zero-order valence-corrected chi connectivity index (χ0v) is 9.69. The Balaban J connectivity index is 3.39. The van der Waals surface area contributed by atoms with E-state index in [-0.39, 0.29) is 14.6 Å². The van der Waals surface area contributed by atoms with Crippen LogP contribution < -0.4 is 0 Å². The van der Waals surface area contributed by atoms with Crippen molar-refractivity contribution < 1.29 is 4.92 Å². The maximum Gasteiger partial charge on any atom is 0.297 e. The smallest absolute Gasteiger partial charge is 0.258 e. The molecule has 14 heavy (non-hydrogen) atoms. The van der Waals surface area contributed by atoms with Gasteiger partial charge >= 0.3 is 0 Å². The van der Waals surface area contributed by atoms with Gasteiger partial charge in [0.25, 0.3) is 5.69 Å². The number of benzene rings is 1. The number of nitro groups is 1. The Labute approximate surface area is 95.0 Å². The fraction of sp³-hybridized carbons (Fsp3) is 0. The van der Waals surface area contributed by atoms with Gasteiger partial charge in [-0.15, -0.1) is 0 Å². The Morgan fingerprint density at radius 3 is 2.29 bits per heavy atom. The highest BCUT2D eigenvalue weighted by molar-refractivity contribution is 9.11. The number of rotatable bonds is 2. The van der Waals surface area contributed by atoms with Crippen molar-refractivity contribution in [2.75, 3.05) is 0 Å². The zero-order valence-electron chi connectivity index (χ0n) is 6.52. The normalized spacial score (nSPS) is 9.29. The first-order valence-electron chi connectivity index (χ1n) is 3.25. The van der Waals surface area contributed by atoms with Crippen LogP contribution in [0.2, 0.25) is 0 Å². The molecule has 0 saturated heterocycles. The fourth-order valence-electron chi connectivity index (χ4n) is 0.836. The van der Waals surface area contributed by atoms with Crippen LogP contribution in [0.5, 0.6) is 0 Å². The Morgan fingerprint density at radius 1 is 1.43 bits per heavy atom. The molecule has 0 amide bonds. The van der Waals surface area contributed by atoms with Crippen LogP contribution in [-0.4, -0.2) is 4.92 Å². The van der Waals surface area contributed by atoms with Crippen LogP contribution >= 0.6 is 31.9 Å². The molecule has 1 aromatic carbocycles. The third kappa shape index (κ3) is 2.22. The highest BCUT2D eigenvalue weighted by atomic mass is 79.9. The van der Waals surface area contributed by atoms with Gasteiger partial charge in [0.2, 0.25) is 0 Å². The van der Waals surface area contributed by atoms with Crippen molar-refractivity contribution in [1.82, 2.24) is 0 Å². The first kappa shape index (κ1) is 11.0. The van der Waals surface area contributed by atoms with Gasteiger partial charge in [0, 0.05) is 10.6 Å². The lowest BCUT2D eigenvalue weighted by Gasteiger charge is -1.99. The molecule has 0 fully saturated rings. The maximum absolute atomic E-state index is 10.6. The van der Waals surface area contributed by atoms with Gasteiger partial charge in [-0.2, -0.15) is 0 Å². The minimum Gasteiger partial charge on any atom is -0.258 e. The quantitative estimate of drug-likeness (QED) is 0.270. The van der Waals surface area contributed by atoms with Gasteiger partial charge in [-0.3, -0.25) is 10.1 Å². The molecule has 72 valence electrons. The first-order chi connectivity index (χ1) is 6.56. The van der Waals surface area contributed by atoms with Crippen LogP contribution in [-0.2, 0) is 0 Å². The van der Waals surface area contributed by atoms with Gasteiger partial charge in [-0.05, 0) is 49.5 Å². The summed E-state index contributed by atoms with van der Waals surface area (Å²) < 4.78 is 0.526. The molecule has 0 unspecified atom stereocenters. The third-order valence-electron chi connectivity index (χ3n) is 1.34. The molecule has 0 aliphatic heterocycles. The van der Waals surface area contributed by atoms with E-state index in [1.807, 2.05) is 0 Å². The Hall–Kier alpha value is -1.11. The van der Waals surface area contributed by atoms with E-state index in [2.05, 4.69) is 41.9 Å². The van der Waals surface area contributed by atoms with Crippen molar-refractivity contribution in [2.24, 2.45) is 5.11 Å². The largest absolute Gasteiger partial charge is 0.297 e. The average Bonchev–Trinajstić information content (AvgIpc) is 2.01. The predicted octanol–water partition coefficient (Wildman–Crippen LogP) is 4.06. The number of hydrogen-bond acceptors (Lipinski definition) is 3. The van der Waals surface area contributed by atoms with E-state index in [1.54, 1.807) is 0 Å². The molecular formula is C6H2Br2N4O2. The van der Waals surface area contributed by atoms with Gasteiger partial charge in [-0.25, -0.2) is 0 Å². The molecule has 0 bridgehead atoms. The second-order valence-corrected chi connectivity index (χ2v) is 3.91. The van der Waals surface area contributed by atoms with E-state index in [0.29, 0.717) is 5.69 Å². The molecule has 0 aromatic heterocycles. The molecular weight excluding hydrogens is 320 g/mol. The van der Waals surface area contributed by atoms with E-state index in [4.69, 9.17) is 5.53 Å². The van der Waals surface area contributed by atoms with Crippen molar-refractivity contribution in [1.29, 1.82) is 0 Å². The van der Waals surface area contributed by atoms with Crippen LogP contribution in [0.4, 0.5) is 11.4 Å². The SMILES string of the molecule is [N-]=[N+]=Nc1cc(Br)c([N+](=O)[O-])c(Br)c1. The minimum atomic E-state index is -0.534. The number of nitro benzene ring substituents is 1. The molecule has 1 rings (SSSR count). The summed E-state index contributed by atoms with van der Waals surface area (Å²) in [6.07, 6.45) is 0. The van der Waals surface area contributed by atoms with Crippen molar-refractivity contribution in [3.05, 3.63) is 41.6 Å². The zero-order chi connectivity index (χ0) is 10.7. The van der Waals surface area contributed by atoms with Gasteiger partial charge in [0.1, 0.15) is 0 Å². The van der Waals surface area contributed by atoms with Crippen molar-refractivity contribution in [2.45, 2.75) is 0 Å². The summed E-state index contributed by atoms with van der Waals surface area (Å²) in [4.78, 5) is 12.6. The van der Waals surface area contributed by atoms with Crippen molar-refractivity contribution in [3.8, 4) is 0 Å². The molecule has 0 spiro atoms. The van der Waals surface area contributed by atoms with E-state index in [9.17, 15) is 10.1 Å². The van der Waals surface area contributed by atoms with E-state index < -0.39 is 4.92 Å². The first-order valence-corrected chi connectivity index (χ1v) is 4.83. The van der Waals surface area contributed by atoms with E-state index in [1.165, 1.54) is 12.1 Å². The van der Waals surface area contributed by atoms with Crippen LogP contribution in [0, 0.1) is 10.1 Å². The number of halogens is 2. The lowest BCUT2D eigenvalue weighted by molar-refractivity contribution is -0.386. The van der Waals surface area contributed by atoms with Gasteiger partial charge in [-0.1, -0.05) is 5.11 Å². The lowest BCUT2D eigenvalue weighted by Crippen LogP contribution is -1.90. The summed E-state index contributed by atoms with van der Waals surface area (Å²) in [7, 11) is 0. The van der Waals surface area contributed by atoms with E-state index in [0.717, 1.165) is 0 Å². The third-order valence-corrected chi connectivity index (χ3v) is 2.55. The highest BCUT2D eigenvalue weighted by Crippen LogP contribution is 2.36. The molecule has 0 aliphatic rings. The standard InChI is InChI=1S/C6H2Br2N4O2/c7-4-1-3(10-11-9)2-5(8)6(4)12(13)14/h1-2H. The second-order valence-electron chi connectivity index (χ2n) is 2.20. The maximum atomic E-state index is 10.6. The van der Waals surface area contributed by atoms with Crippen LogP contribution in [0.25, 0.3) is 10.4 Å². The molecule has 0 radical (unpaired) electrons. The Bertz CT molecular complexity index is 418. The Kier molecular flexibility index (Phi) is 3.45. The number of hydrogen-bond donors (Lipinski definition) is 0. The van der Waals surface area contributed by atoms with Crippen molar-refractivity contribution >= 4 is 43.2 Å². The second kappa shape index (κ2) is 4.41. The average molecular weight is 322 g/mol. The summed E-state index contributed by atoms with van der Waals surface area (Å²) >= 11 is 6.03. The highest BCUT2D eigenvalue weighted by Gasteiger charge is 2.17. The number of azide groups is 1. The molecule has 8 heteroatoms. The summed E-state index contributed by atoms with van der Waals surface area (Å²) in [5, 5.41) is 13.9. The van der Waals surface area contributed by atoms with Gasteiger partial charge < -0.3 is 0 Å². The van der Waals surface area contributed by atoms with E-state index >= 15 is 0 Å². The Morgan fingerprint density at radius 2 is 1.93 bits per heavy atom. The molecule has 0 heterocycles. The van der Waals surface area contributed by atoms with Gasteiger partial charge in [0.15, 0.2) is 0 Å². The fourth-order valence-corrected chi connectivity index (χ4v) is 2.29. The molecule has 0 aliphatic carbocycles. The van der Waals surface area contributed by atoms with Crippen LogP contribution in [0.3, 0.4) is 0 Å². The van der Waals surface area contributed by atoms with Gasteiger partial charge in [0.05, 0.1) is 13.9 Å². The van der Waals surface area contributed by atoms with Crippen LogP contribution in [0.1, 0.15) is 0 Å². The summed E-state index contributed by atoms with van der Waals surface area (Å²) in [6.45, 7) is 0. The molecule has 1 aromatic rings. The summed E-state index contributed by atoms with van der Waals surface area (Å²) in [6, 6.07) is 2.76. The molecule has 0 N–H and O–H groups in total. The lowest BCUT2D eigenvalue weighted by atomic mass is 10.3. The molecule has 6 nitrogen and oxygen atoms in total. The summed E-state index contributed by atoms with van der Waals surface area (Å²) in [5.74, 6) is 0. The number of nitrogens with zero attached hydrogens (tertiary/aromatic N) is 4. The topological polar surface area (TPSA) is 91.9 Å².